The molecule has 1 aliphatic heterocycles. The quantitative estimate of drug-likeness (QED) is 0.671. The molecule has 6 nitrogen and oxygen atoms in total. The minimum atomic E-state index is -0.619. The number of hydrogen-bond donors (Lipinski definition) is 2. The van der Waals surface area contributed by atoms with E-state index in [1.807, 2.05) is 30.3 Å². The number of amides is 1. The number of nitrogens with one attached hydrogen (secondary N) is 1. The molecule has 1 aliphatic rings. The fourth-order valence-corrected chi connectivity index (χ4v) is 3.47. The highest BCUT2D eigenvalue weighted by atomic mass is 16.5. The minimum Gasteiger partial charge on any atom is -0.491 e. The van der Waals surface area contributed by atoms with Gasteiger partial charge >= 0.3 is 0 Å². The molecule has 0 bridgehead atoms. The predicted molar refractivity (Wildman–Crippen MR) is 111 cm³/mol. The molecular formula is C23H28N2O4. The van der Waals surface area contributed by atoms with Crippen LogP contribution < -0.4 is 10.1 Å². The van der Waals surface area contributed by atoms with Crippen molar-refractivity contribution < 1.29 is 19.4 Å². The lowest BCUT2D eigenvalue weighted by molar-refractivity contribution is 0.0567. The van der Waals surface area contributed by atoms with E-state index in [2.05, 4.69) is 10.2 Å². The zero-order valence-electron chi connectivity index (χ0n) is 16.7. The molecule has 2 aromatic carbocycles. The Kier molecular flexibility index (Phi) is 7.38. The molecule has 1 atom stereocenters. The van der Waals surface area contributed by atoms with E-state index in [1.54, 1.807) is 24.3 Å². The third-order valence-corrected chi connectivity index (χ3v) is 5.11. The van der Waals surface area contributed by atoms with Gasteiger partial charge in [0.05, 0.1) is 0 Å². The van der Waals surface area contributed by atoms with Crippen LogP contribution in [0.3, 0.4) is 0 Å². The molecule has 6 heteroatoms. The second kappa shape index (κ2) is 10.2. The largest absolute Gasteiger partial charge is 0.491 e. The molecule has 1 amide bonds. The number of piperidine rings is 1. The number of Topliss-reactive ketones (excluding diaryl/α,β-unsaturated/α-hetero) is 1. The number of carbonyl (C=O) groups excluding carboxylic acids is 2. The number of ether oxygens (including phenoxy) is 1. The molecule has 154 valence electrons. The summed E-state index contributed by atoms with van der Waals surface area (Å²) in [5.41, 5.74) is 1.27. The number of carbonyl (C=O) groups is 2. The summed E-state index contributed by atoms with van der Waals surface area (Å²) < 4.78 is 5.64. The highest BCUT2D eigenvalue weighted by Gasteiger charge is 2.22. The van der Waals surface area contributed by atoms with Gasteiger partial charge in [-0.1, -0.05) is 30.3 Å². The van der Waals surface area contributed by atoms with Crippen molar-refractivity contribution in [2.45, 2.75) is 31.9 Å². The average Bonchev–Trinajstić information content (AvgIpc) is 2.74. The molecule has 1 saturated heterocycles. The SMILES string of the molecule is CC(=O)c1cccc(OCC(O)CN2CCC(NC(=O)c3ccccc3)CC2)c1. The van der Waals surface area contributed by atoms with Crippen LogP contribution in [0.1, 0.15) is 40.5 Å². The van der Waals surface area contributed by atoms with Gasteiger partial charge in [-0.2, -0.15) is 0 Å². The van der Waals surface area contributed by atoms with Crippen LogP contribution in [0.2, 0.25) is 0 Å². The summed E-state index contributed by atoms with van der Waals surface area (Å²) in [7, 11) is 0. The maximum Gasteiger partial charge on any atom is 0.251 e. The Morgan fingerprint density at radius 1 is 1.10 bits per heavy atom. The first-order valence-electron chi connectivity index (χ1n) is 10.0. The van der Waals surface area contributed by atoms with E-state index < -0.39 is 6.10 Å². The zero-order valence-corrected chi connectivity index (χ0v) is 16.7. The van der Waals surface area contributed by atoms with E-state index in [9.17, 15) is 14.7 Å². The number of likely N-dealkylation sites (tertiary alicyclic amines) is 1. The van der Waals surface area contributed by atoms with Crippen LogP contribution in [0.4, 0.5) is 0 Å². The van der Waals surface area contributed by atoms with E-state index in [1.165, 1.54) is 6.92 Å². The van der Waals surface area contributed by atoms with Gasteiger partial charge in [-0.05, 0) is 44.0 Å². The number of β-amino-alcohol motifs (C(OH)–C–C–N with tert-alkyl or cyclic N) is 1. The Labute approximate surface area is 171 Å². The molecule has 0 aromatic heterocycles. The molecular weight excluding hydrogens is 368 g/mol. The highest BCUT2D eigenvalue weighted by molar-refractivity contribution is 5.94. The molecule has 3 rings (SSSR count). The second-order valence-corrected chi connectivity index (χ2v) is 7.46. The van der Waals surface area contributed by atoms with Gasteiger partial charge in [-0.15, -0.1) is 0 Å². The first kappa shape index (κ1) is 21.0. The maximum atomic E-state index is 12.3. The summed E-state index contributed by atoms with van der Waals surface area (Å²) >= 11 is 0. The van der Waals surface area contributed by atoms with E-state index in [4.69, 9.17) is 4.74 Å². The fraction of sp³-hybridized carbons (Fsp3) is 0.391. The van der Waals surface area contributed by atoms with Crippen LogP contribution in [0.15, 0.2) is 54.6 Å². The summed E-state index contributed by atoms with van der Waals surface area (Å²) in [5, 5.41) is 13.4. The van der Waals surface area contributed by atoms with Gasteiger partial charge in [0.15, 0.2) is 5.78 Å². The maximum absolute atomic E-state index is 12.3. The van der Waals surface area contributed by atoms with Crippen molar-refractivity contribution in [1.29, 1.82) is 0 Å². The predicted octanol–water partition coefficient (Wildman–Crippen LogP) is 2.52. The summed E-state index contributed by atoms with van der Waals surface area (Å²) in [5.74, 6) is 0.530. The third kappa shape index (κ3) is 6.41. The van der Waals surface area contributed by atoms with Gasteiger partial charge in [0.1, 0.15) is 18.5 Å². The second-order valence-electron chi connectivity index (χ2n) is 7.46. The zero-order chi connectivity index (χ0) is 20.6. The minimum absolute atomic E-state index is 0.0155. The van der Waals surface area contributed by atoms with E-state index in [0.29, 0.717) is 23.4 Å². The first-order chi connectivity index (χ1) is 14.0. The van der Waals surface area contributed by atoms with Crippen molar-refractivity contribution in [3.63, 3.8) is 0 Å². The summed E-state index contributed by atoms with van der Waals surface area (Å²) in [4.78, 5) is 25.9. The van der Waals surface area contributed by atoms with Crippen LogP contribution in [0, 0.1) is 0 Å². The lowest BCUT2D eigenvalue weighted by atomic mass is 10.0. The highest BCUT2D eigenvalue weighted by Crippen LogP contribution is 2.15. The van der Waals surface area contributed by atoms with Crippen LogP contribution >= 0.6 is 0 Å². The van der Waals surface area contributed by atoms with Gasteiger partial charge in [-0.3, -0.25) is 9.59 Å². The molecule has 1 unspecified atom stereocenters. The first-order valence-corrected chi connectivity index (χ1v) is 10.0. The number of nitrogens with zero attached hydrogens (tertiary/aromatic N) is 1. The lowest BCUT2D eigenvalue weighted by Gasteiger charge is -2.33. The van der Waals surface area contributed by atoms with Crippen LogP contribution in [-0.4, -0.2) is 60.1 Å². The number of rotatable bonds is 8. The van der Waals surface area contributed by atoms with Gasteiger partial charge in [0, 0.05) is 36.8 Å². The molecule has 1 fully saturated rings. The molecule has 1 heterocycles. The van der Waals surface area contributed by atoms with Crippen molar-refractivity contribution in [3.05, 3.63) is 65.7 Å². The van der Waals surface area contributed by atoms with E-state index in [0.717, 1.165) is 25.9 Å². The molecule has 2 N–H and O–H groups in total. The summed E-state index contributed by atoms with van der Waals surface area (Å²) in [6.07, 6.45) is 1.09. The molecule has 0 aliphatic carbocycles. The molecule has 0 spiro atoms. The monoisotopic (exact) mass is 396 g/mol. The standard InChI is InChI=1S/C23H28N2O4/c1-17(26)19-8-5-9-22(14-19)29-16-21(27)15-25-12-10-20(11-13-25)24-23(28)18-6-3-2-4-7-18/h2-9,14,20-21,27H,10-13,15-16H2,1H3,(H,24,28). The molecule has 0 radical (unpaired) electrons. The Balaban J connectivity index is 1.38. The lowest BCUT2D eigenvalue weighted by Crippen LogP contribution is -2.47. The van der Waals surface area contributed by atoms with Crippen LogP contribution in [-0.2, 0) is 0 Å². The number of aliphatic hydroxyl groups is 1. The van der Waals surface area contributed by atoms with Crippen molar-refractivity contribution in [3.8, 4) is 5.75 Å². The summed E-state index contributed by atoms with van der Waals surface area (Å²) in [6, 6.07) is 16.4. The van der Waals surface area contributed by atoms with Crippen molar-refractivity contribution >= 4 is 11.7 Å². The number of aliphatic hydroxyl groups excluding tert-OH is 1. The number of hydrogen-bond acceptors (Lipinski definition) is 5. The van der Waals surface area contributed by atoms with E-state index >= 15 is 0 Å². The van der Waals surface area contributed by atoms with Gasteiger partial charge in [0.2, 0.25) is 0 Å². The number of ketones is 1. The molecule has 2 aromatic rings. The number of benzene rings is 2. The molecule has 29 heavy (non-hydrogen) atoms. The summed E-state index contributed by atoms with van der Waals surface area (Å²) in [6.45, 7) is 3.84. The smallest absolute Gasteiger partial charge is 0.251 e. The topological polar surface area (TPSA) is 78.9 Å². The van der Waals surface area contributed by atoms with Crippen molar-refractivity contribution in [1.82, 2.24) is 10.2 Å². The van der Waals surface area contributed by atoms with Gasteiger partial charge in [0.25, 0.3) is 5.91 Å². The Bertz CT molecular complexity index is 817. The van der Waals surface area contributed by atoms with Crippen LogP contribution in [0.5, 0.6) is 5.75 Å². The average molecular weight is 396 g/mol. The third-order valence-electron chi connectivity index (χ3n) is 5.11. The van der Waals surface area contributed by atoms with Crippen molar-refractivity contribution in [2.24, 2.45) is 0 Å². The fourth-order valence-electron chi connectivity index (χ4n) is 3.47. The van der Waals surface area contributed by atoms with Gasteiger partial charge < -0.3 is 20.1 Å². The Hall–Kier alpha value is -2.70. The Morgan fingerprint density at radius 2 is 1.79 bits per heavy atom. The Morgan fingerprint density at radius 3 is 2.48 bits per heavy atom. The van der Waals surface area contributed by atoms with Crippen LogP contribution in [0.25, 0.3) is 0 Å². The van der Waals surface area contributed by atoms with E-state index in [-0.39, 0.29) is 24.3 Å². The van der Waals surface area contributed by atoms with Gasteiger partial charge in [-0.25, -0.2) is 0 Å². The normalized spacial score (nSPS) is 16.2. The molecule has 0 saturated carbocycles. The van der Waals surface area contributed by atoms with Crippen molar-refractivity contribution in [2.75, 3.05) is 26.2 Å².